The van der Waals surface area contributed by atoms with Crippen LogP contribution in [0.4, 0.5) is 8.78 Å². The van der Waals surface area contributed by atoms with Crippen molar-refractivity contribution < 1.29 is 23.5 Å². The van der Waals surface area contributed by atoms with Gasteiger partial charge < -0.3 is 15.0 Å². The molecule has 110 valence electrons. The molecule has 8 heteroatoms. The van der Waals surface area contributed by atoms with Gasteiger partial charge in [0.1, 0.15) is 0 Å². The summed E-state index contributed by atoms with van der Waals surface area (Å²) < 4.78 is 25.9. The lowest BCUT2D eigenvalue weighted by Gasteiger charge is -2.16. The van der Waals surface area contributed by atoms with Crippen molar-refractivity contribution in [2.24, 2.45) is 0 Å². The Hall–Kier alpha value is -2.77. The third kappa shape index (κ3) is 3.04. The highest BCUT2D eigenvalue weighted by molar-refractivity contribution is 6.02. The Bertz CT molecular complexity index is 700. The number of aromatic nitrogens is 2. The summed E-state index contributed by atoms with van der Waals surface area (Å²) in [6.07, 6.45) is 1.10. The highest BCUT2D eigenvalue weighted by atomic mass is 19.2. The van der Waals surface area contributed by atoms with Crippen LogP contribution in [0.3, 0.4) is 0 Å². The van der Waals surface area contributed by atoms with E-state index in [0.717, 1.165) is 23.4 Å². The zero-order valence-corrected chi connectivity index (χ0v) is 10.9. The number of halogens is 2. The van der Waals surface area contributed by atoms with Gasteiger partial charge >= 0.3 is 5.97 Å². The minimum absolute atomic E-state index is 0.0120. The SMILES string of the molecule is CN(Cc1ccc(F)c(F)c1)C(=O)c1nc[nH]c1C(=O)O. The number of carbonyl (C=O) groups is 2. The number of aromatic amines is 1. The predicted molar refractivity (Wildman–Crippen MR) is 67.7 cm³/mol. The van der Waals surface area contributed by atoms with Gasteiger partial charge in [0.2, 0.25) is 0 Å². The summed E-state index contributed by atoms with van der Waals surface area (Å²) in [5, 5.41) is 8.91. The Balaban J connectivity index is 2.17. The van der Waals surface area contributed by atoms with Crippen LogP contribution in [0.15, 0.2) is 24.5 Å². The number of carboxylic acid groups (broad SMARTS) is 1. The summed E-state index contributed by atoms with van der Waals surface area (Å²) >= 11 is 0. The van der Waals surface area contributed by atoms with Gasteiger partial charge in [-0.05, 0) is 17.7 Å². The van der Waals surface area contributed by atoms with Gasteiger partial charge in [-0.1, -0.05) is 6.07 Å². The number of carbonyl (C=O) groups excluding carboxylic acids is 1. The minimum atomic E-state index is -1.31. The molecule has 2 aromatic rings. The van der Waals surface area contributed by atoms with Crippen LogP contribution in [-0.4, -0.2) is 38.9 Å². The smallest absolute Gasteiger partial charge is 0.354 e. The van der Waals surface area contributed by atoms with E-state index in [1.165, 1.54) is 13.1 Å². The molecule has 0 radical (unpaired) electrons. The van der Waals surface area contributed by atoms with Gasteiger partial charge in [0.05, 0.1) is 6.33 Å². The topological polar surface area (TPSA) is 86.3 Å². The van der Waals surface area contributed by atoms with Crippen molar-refractivity contribution >= 4 is 11.9 Å². The van der Waals surface area contributed by atoms with Crippen LogP contribution in [0, 0.1) is 11.6 Å². The average molecular weight is 295 g/mol. The number of carboxylic acids is 1. The maximum absolute atomic E-state index is 13.1. The van der Waals surface area contributed by atoms with Gasteiger partial charge in [-0.3, -0.25) is 4.79 Å². The molecule has 0 atom stereocenters. The molecule has 0 spiro atoms. The number of hydrogen-bond acceptors (Lipinski definition) is 3. The summed E-state index contributed by atoms with van der Waals surface area (Å²) in [5.74, 6) is -3.94. The van der Waals surface area contributed by atoms with Gasteiger partial charge in [0, 0.05) is 13.6 Å². The van der Waals surface area contributed by atoms with E-state index in [4.69, 9.17) is 5.11 Å². The summed E-state index contributed by atoms with van der Waals surface area (Å²) in [5.41, 5.74) is -0.193. The second kappa shape index (κ2) is 5.70. The molecular formula is C13H11F2N3O3. The fraction of sp³-hybridized carbons (Fsp3) is 0.154. The molecule has 0 aliphatic heterocycles. The van der Waals surface area contributed by atoms with Gasteiger partial charge in [-0.2, -0.15) is 0 Å². The van der Waals surface area contributed by atoms with Gasteiger partial charge in [-0.25, -0.2) is 18.6 Å². The Morgan fingerprint density at radius 1 is 1.33 bits per heavy atom. The number of H-pyrrole nitrogens is 1. The molecule has 0 unspecified atom stereocenters. The third-order valence-corrected chi connectivity index (χ3v) is 2.81. The lowest BCUT2D eigenvalue weighted by molar-refractivity contribution is 0.0674. The predicted octanol–water partition coefficient (Wildman–Crippen LogP) is 1.66. The zero-order chi connectivity index (χ0) is 15.6. The van der Waals surface area contributed by atoms with Crippen molar-refractivity contribution in [3.63, 3.8) is 0 Å². The Morgan fingerprint density at radius 3 is 2.67 bits per heavy atom. The molecular weight excluding hydrogens is 284 g/mol. The second-order valence-corrected chi connectivity index (χ2v) is 4.34. The number of rotatable bonds is 4. The maximum Gasteiger partial charge on any atom is 0.354 e. The highest BCUT2D eigenvalue weighted by Gasteiger charge is 2.22. The molecule has 0 saturated heterocycles. The Labute approximate surface area is 118 Å². The van der Waals surface area contributed by atoms with Crippen LogP contribution >= 0.6 is 0 Å². The quantitative estimate of drug-likeness (QED) is 0.898. The maximum atomic E-state index is 13.1. The van der Waals surface area contributed by atoms with Crippen LogP contribution in [0.1, 0.15) is 26.5 Å². The average Bonchev–Trinajstić information content (AvgIpc) is 2.91. The molecule has 0 fully saturated rings. The normalized spacial score (nSPS) is 10.4. The number of nitrogens with one attached hydrogen (secondary N) is 1. The van der Waals surface area contributed by atoms with E-state index in [9.17, 15) is 18.4 Å². The van der Waals surface area contributed by atoms with Crippen LogP contribution in [0.25, 0.3) is 0 Å². The molecule has 0 bridgehead atoms. The van der Waals surface area contributed by atoms with Crippen LogP contribution < -0.4 is 0 Å². The number of imidazole rings is 1. The fourth-order valence-electron chi connectivity index (χ4n) is 1.78. The van der Waals surface area contributed by atoms with Crippen LogP contribution in [0.5, 0.6) is 0 Å². The van der Waals surface area contributed by atoms with Crippen molar-refractivity contribution in [2.75, 3.05) is 7.05 Å². The van der Waals surface area contributed by atoms with Crippen molar-refractivity contribution in [3.05, 3.63) is 53.1 Å². The molecule has 21 heavy (non-hydrogen) atoms. The summed E-state index contributed by atoms with van der Waals surface area (Å²) in [4.78, 5) is 30.2. The third-order valence-electron chi connectivity index (χ3n) is 2.81. The molecule has 0 aliphatic rings. The van der Waals surface area contributed by atoms with E-state index in [1.54, 1.807) is 0 Å². The monoisotopic (exact) mass is 295 g/mol. The molecule has 2 rings (SSSR count). The van der Waals surface area contributed by atoms with Crippen LogP contribution in [-0.2, 0) is 6.54 Å². The number of nitrogens with zero attached hydrogens (tertiary/aromatic N) is 2. The number of aromatic carboxylic acids is 1. The Morgan fingerprint density at radius 2 is 2.05 bits per heavy atom. The molecule has 1 aromatic heterocycles. The van der Waals surface area contributed by atoms with Crippen molar-refractivity contribution in [1.82, 2.24) is 14.9 Å². The molecule has 1 aromatic carbocycles. The summed E-state index contributed by atoms with van der Waals surface area (Å²) in [6, 6.07) is 3.27. The zero-order valence-electron chi connectivity index (χ0n) is 10.9. The van der Waals surface area contributed by atoms with Crippen LogP contribution in [0.2, 0.25) is 0 Å². The number of hydrogen-bond donors (Lipinski definition) is 2. The van der Waals surface area contributed by atoms with E-state index >= 15 is 0 Å². The van der Waals surface area contributed by atoms with Crippen molar-refractivity contribution in [1.29, 1.82) is 0 Å². The van der Waals surface area contributed by atoms with Gasteiger partial charge in [0.15, 0.2) is 23.0 Å². The van der Waals surface area contributed by atoms with Gasteiger partial charge in [-0.15, -0.1) is 0 Å². The van der Waals surface area contributed by atoms with Crippen molar-refractivity contribution in [3.8, 4) is 0 Å². The molecule has 1 amide bonds. The lowest BCUT2D eigenvalue weighted by Crippen LogP contribution is -2.28. The molecule has 1 heterocycles. The molecule has 0 aliphatic carbocycles. The van der Waals surface area contributed by atoms with E-state index < -0.39 is 23.5 Å². The first kappa shape index (κ1) is 14.6. The first-order valence-electron chi connectivity index (χ1n) is 5.86. The first-order chi connectivity index (χ1) is 9.90. The Kier molecular flexibility index (Phi) is 3.97. The van der Waals surface area contributed by atoms with E-state index in [1.807, 2.05) is 0 Å². The first-order valence-corrected chi connectivity index (χ1v) is 5.86. The molecule has 0 saturated carbocycles. The second-order valence-electron chi connectivity index (χ2n) is 4.34. The molecule has 2 N–H and O–H groups in total. The fourth-order valence-corrected chi connectivity index (χ4v) is 1.78. The highest BCUT2D eigenvalue weighted by Crippen LogP contribution is 2.13. The number of benzene rings is 1. The lowest BCUT2D eigenvalue weighted by atomic mass is 10.2. The minimum Gasteiger partial charge on any atom is -0.477 e. The largest absolute Gasteiger partial charge is 0.477 e. The van der Waals surface area contributed by atoms with E-state index in [2.05, 4.69) is 9.97 Å². The number of amides is 1. The van der Waals surface area contributed by atoms with E-state index in [0.29, 0.717) is 5.56 Å². The molecule has 6 nitrogen and oxygen atoms in total. The van der Waals surface area contributed by atoms with Gasteiger partial charge in [0.25, 0.3) is 5.91 Å². The van der Waals surface area contributed by atoms with Crippen molar-refractivity contribution in [2.45, 2.75) is 6.54 Å². The summed E-state index contributed by atoms with van der Waals surface area (Å²) in [7, 11) is 1.41. The summed E-state index contributed by atoms with van der Waals surface area (Å²) in [6.45, 7) is -0.0120. The van der Waals surface area contributed by atoms with E-state index in [-0.39, 0.29) is 17.9 Å². The standard InChI is InChI=1S/C13H11F2N3O3/c1-18(5-7-2-3-8(14)9(15)4-7)12(19)10-11(13(20)21)17-6-16-10/h2-4,6H,5H2,1H3,(H,16,17)(H,20,21).